The summed E-state index contributed by atoms with van der Waals surface area (Å²) >= 11 is 0. The number of benzene rings is 1. The Morgan fingerprint density at radius 3 is 2.30 bits per heavy atom. The highest BCUT2D eigenvalue weighted by atomic mass is 16.3. The van der Waals surface area contributed by atoms with Crippen LogP contribution in [0.4, 0.5) is 0 Å². The van der Waals surface area contributed by atoms with Crippen LogP contribution in [0.1, 0.15) is 51.2 Å². The molecule has 1 rings (SSSR count). The highest BCUT2D eigenvalue weighted by Gasteiger charge is 2.05. The number of rotatable bonds is 9. The molecule has 0 aliphatic heterocycles. The normalized spacial score (nSPS) is 13.2. The molecule has 1 atom stereocenters. The Balaban J connectivity index is 2.21. The lowest BCUT2D eigenvalue weighted by atomic mass is 9.99. The third kappa shape index (κ3) is 7.06. The second kappa shape index (κ2) is 9.15. The van der Waals surface area contributed by atoms with Gasteiger partial charge in [-0.3, -0.25) is 0 Å². The summed E-state index contributed by atoms with van der Waals surface area (Å²) in [7, 11) is 0. The highest BCUT2D eigenvalue weighted by Crippen LogP contribution is 2.15. The lowest BCUT2D eigenvalue weighted by Gasteiger charge is -2.13. The molecule has 0 aromatic heterocycles. The molecule has 2 N–H and O–H groups in total. The minimum atomic E-state index is -0.369. The van der Waals surface area contributed by atoms with Crippen molar-refractivity contribution in [1.82, 2.24) is 5.32 Å². The first-order valence-corrected chi connectivity index (χ1v) is 7.80. The summed E-state index contributed by atoms with van der Waals surface area (Å²) in [5.41, 5.74) is 2.63. The van der Waals surface area contributed by atoms with E-state index >= 15 is 0 Å². The lowest BCUT2D eigenvalue weighted by Crippen LogP contribution is -2.28. The van der Waals surface area contributed by atoms with Crippen molar-refractivity contribution in [3.8, 4) is 0 Å². The van der Waals surface area contributed by atoms with Crippen molar-refractivity contribution in [3.63, 3.8) is 0 Å². The highest BCUT2D eigenvalue weighted by molar-refractivity contribution is 5.25. The van der Waals surface area contributed by atoms with Crippen LogP contribution in [0.5, 0.6) is 0 Å². The third-order valence-corrected chi connectivity index (χ3v) is 3.52. The van der Waals surface area contributed by atoms with Crippen molar-refractivity contribution in [2.75, 3.05) is 13.1 Å². The van der Waals surface area contributed by atoms with Crippen molar-refractivity contribution < 1.29 is 5.11 Å². The van der Waals surface area contributed by atoms with E-state index in [4.69, 9.17) is 0 Å². The van der Waals surface area contributed by atoms with Crippen molar-refractivity contribution in [2.24, 2.45) is 5.92 Å². The zero-order valence-corrected chi connectivity index (χ0v) is 13.4. The molecule has 0 saturated heterocycles. The summed E-state index contributed by atoms with van der Waals surface area (Å²) in [6.07, 6.45) is 3.59. The molecule has 1 radical (unpaired) electrons. The fraction of sp³-hybridized carbons (Fsp3) is 0.611. The van der Waals surface area contributed by atoms with Crippen LogP contribution >= 0.6 is 0 Å². The van der Waals surface area contributed by atoms with E-state index in [2.05, 4.69) is 57.3 Å². The van der Waals surface area contributed by atoms with Gasteiger partial charge >= 0.3 is 0 Å². The van der Waals surface area contributed by atoms with E-state index in [9.17, 15) is 5.11 Å². The van der Waals surface area contributed by atoms with E-state index in [0.29, 0.717) is 18.4 Å². The second-order valence-electron chi connectivity index (χ2n) is 6.29. The van der Waals surface area contributed by atoms with E-state index < -0.39 is 0 Å². The van der Waals surface area contributed by atoms with Gasteiger partial charge in [0.1, 0.15) is 0 Å². The molecule has 1 aromatic carbocycles. The van der Waals surface area contributed by atoms with Crippen LogP contribution in [0.15, 0.2) is 24.3 Å². The van der Waals surface area contributed by atoms with Crippen LogP contribution in [0.2, 0.25) is 0 Å². The molecule has 1 aromatic rings. The van der Waals surface area contributed by atoms with Gasteiger partial charge in [-0.25, -0.2) is 0 Å². The summed E-state index contributed by atoms with van der Waals surface area (Å²) in [4.78, 5) is 0. The summed E-state index contributed by atoms with van der Waals surface area (Å²) in [6, 6.07) is 8.68. The van der Waals surface area contributed by atoms with Gasteiger partial charge in [-0.05, 0) is 48.8 Å². The fourth-order valence-corrected chi connectivity index (χ4v) is 2.03. The van der Waals surface area contributed by atoms with Crippen LogP contribution < -0.4 is 5.32 Å². The van der Waals surface area contributed by atoms with Crippen LogP contribution in [0.25, 0.3) is 0 Å². The molecule has 0 amide bonds. The van der Waals surface area contributed by atoms with Gasteiger partial charge in [-0.2, -0.15) is 0 Å². The average molecular weight is 276 g/mol. The predicted octanol–water partition coefficient (Wildman–Crippen LogP) is 3.55. The molecule has 0 heterocycles. The number of aliphatic hydroxyl groups excluding tert-OH is 1. The van der Waals surface area contributed by atoms with E-state index in [0.717, 1.165) is 19.4 Å². The fourth-order valence-electron chi connectivity index (χ4n) is 2.03. The SMILES string of the molecule is CC(C)CCNCC(O)[CH]Cc1ccc(C(C)C)cc1. The van der Waals surface area contributed by atoms with Gasteiger partial charge in [-0.15, -0.1) is 0 Å². The second-order valence-corrected chi connectivity index (χ2v) is 6.29. The van der Waals surface area contributed by atoms with Crippen LogP contribution in [-0.2, 0) is 6.42 Å². The monoisotopic (exact) mass is 276 g/mol. The van der Waals surface area contributed by atoms with E-state index in [1.54, 1.807) is 0 Å². The topological polar surface area (TPSA) is 32.3 Å². The van der Waals surface area contributed by atoms with E-state index in [1.165, 1.54) is 11.1 Å². The molecule has 20 heavy (non-hydrogen) atoms. The number of aliphatic hydroxyl groups is 1. The van der Waals surface area contributed by atoms with E-state index in [1.807, 2.05) is 6.42 Å². The zero-order chi connectivity index (χ0) is 15.0. The molecule has 0 spiro atoms. The summed E-state index contributed by atoms with van der Waals surface area (Å²) in [6.45, 7) is 10.5. The van der Waals surface area contributed by atoms with Crippen LogP contribution in [-0.4, -0.2) is 24.3 Å². The number of nitrogens with one attached hydrogen (secondary N) is 1. The van der Waals surface area contributed by atoms with Gasteiger partial charge in [0, 0.05) is 6.54 Å². The summed E-state index contributed by atoms with van der Waals surface area (Å²) in [5.74, 6) is 1.28. The van der Waals surface area contributed by atoms with Gasteiger partial charge in [0.25, 0.3) is 0 Å². The Labute approximate surface area is 124 Å². The quantitative estimate of drug-likeness (QED) is 0.676. The van der Waals surface area contributed by atoms with Crippen molar-refractivity contribution in [1.29, 1.82) is 0 Å². The molecule has 2 heteroatoms. The standard InChI is InChI=1S/C18H30NO/c1-14(2)11-12-19-13-18(20)10-7-16-5-8-17(9-6-16)15(3)4/h5-6,8-10,14-15,18-20H,7,11-13H2,1-4H3. The minimum absolute atomic E-state index is 0.369. The maximum Gasteiger partial charge on any atom is 0.0699 e. The van der Waals surface area contributed by atoms with Gasteiger partial charge in [0.05, 0.1) is 6.10 Å². The molecule has 1 unspecified atom stereocenters. The van der Waals surface area contributed by atoms with Crippen LogP contribution in [0.3, 0.4) is 0 Å². The number of hydrogen-bond donors (Lipinski definition) is 2. The van der Waals surface area contributed by atoms with Crippen LogP contribution in [0, 0.1) is 12.3 Å². The molecule has 113 valence electrons. The maximum atomic E-state index is 9.90. The molecule has 0 fully saturated rings. The van der Waals surface area contributed by atoms with Gasteiger partial charge in [0.2, 0.25) is 0 Å². The Bertz CT molecular complexity index is 356. The smallest absolute Gasteiger partial charge is 0.0699 e. The van der Waals surface area contributed by atoms with E-state index in [-0.39, 0.29) is 6.10 Å². The zero-order valence-electron chi connectivity index (χ0n) is 13.4. The lowest BCUT2D eigenvalue weighted by molar-refractivity contribution is 0.200. The first kappa shape index (κ1) is 17.2. The predicted molar refractivity (Wildman–Crippen MR) is 86.9 cm³/mol. The first-order valence-electron chi connectivity index (χ1n) is 7.80. The van der Waals surface area contributed by atoms with Crippen molar-refractivity contribution >= 4 is 0 Å². The molecular formula is C18H30NO. The van der Waals surface area contributed by atoms with Crippen molar-refractivity contribution in [3.05, 3.63) is 41.8 Å². The Hall–Kier alpha value is -0.860. The van der Waals surface area contributed by atoms with Gasteiger partial charge < -0.3 is 10.4 Å². The molecule has 0 aliphatic rings. The Morgan fingerprint density at radius 1 is 1.10 bits per heavy atom. The summed E-state index contributed by atoms with van der Waals surface area (Å²) < 4.78 is 0. The molecule has 0 bridgehead atoms. The minimum Gasteiger partial charge on any atom is -0.391 e. The first-order chi connectivity index (χ1) is 9.49. The van der Waals surface area contributed by atoms with Crippen molar-refractivity contribution in [2.45, 2.75) is 52.6 Å². The third-order valence-electron chi connectivity index (χ3n) is 3.52. The molecule has 2 nitrogen and oxygen atoms in total. The van der Waals surface area contributed by atoms with Gasteiger partial charge in [-0.1, -0.05) is 52.0 Å². The largest absolute Gasteiger partial charge is 0.391 e. The maximum absolute atomic E-state index is 9.90. The van der Waals surface area contributed by atoms with Gasteiger partial charge in [0.15, 0.2) is 0 Å². The molecule has 0 saturated carbocycles. The Morgan fingerprint density at radius 2 is 1.75 bits per heavy atom. The molecular weight excluding hydrogens is 246 g/mol. The molecule has 0 aliphatic carbocycles. The number of hydrogen-bond acceptors (Lipinski definition) is 2. The summed E-state index contributed by atoms with van der Waals surface area (Å²) in [5, 5.41) is 13.2. The Kier molecular flexibility index (Phi) is 7.86. The average Bonchev–Trinajstić information content (AvgIpc) is 2.41.